The van der Waals surface area contributed by atoms with E-state index in [4.69, 9.17) is 0 Å². The first kappa shape index (κ1) is 14.0. The van der Waals surface area contributed by atoms with Gasteiger partial charge in [0.2, 0.25) is 5.91 Å². The summed E-state index contributed by atoms with van der Waals surface area (Å²) in [6.07, 6.45) is 1.57. The SMILES string of the molecule is Cc1n[nH]c(C)c1NC(=O)CN(C)CC1CC(O)C1. The summed E-state index contributed by atoms with van der Waals surface area (Å²) < 4.78 is 0. The molecule has 1 aromatic rings. The van der Waals surface area contributed by atoms with E-state index in [9.17, 15) is 9.90 Å². The Labute approximate surface area is 113 Å². The summed E-state index contributed by atoms with van der Waals surface area (Å²) in [5.74, 6) is 0.486. The number of nitrogens with zero attached hydrogens (tertiary/aromatic N) is 2. The molecule has 1 heterocycles. The zero-order chi connectivity index (χ0) is 14.0. The number of carbonyl (C=O) groups excluding carboxylic acids is 1. The maximum absolute atomic E-state index is 11.9. The van der Waals surface area contributed by atoms with E-state index in [0.29, 0.717) is 12.5 Å². The van der Waals surface area contributed by atoms with Gasteiger partial charge < -0.3 is 10.4 Å². The largest absolute Gasteiger partial charge is 0.393 e. The van der Waals surface area contributed by atoms with Crippen molar-refractivity contribution in [2.75, 3.05) is 25.5 Å². The van der Waals surface area contributed by atoms with Crippen LogP contribution in [0.1, 0.15) is 24.2 Å². The first-order valence-corrected chi connectivity index (χ1v) is 6.63. The molecule has 1 aliphatic rings. The fraction of sp³-hybridized carbons (Fsp3) is 0.692. The first-order chi connectivity index (χ1) is 8.95. The molecule has 0 aliphatic heterocycles. The minimum atomic E-state index is -0.136. The maximum Gasteiger partial charge on any atom is 0.238 e. The summed E-state index contributed by atoms with van der Waals surface area (Å²) in [6.45, 7) is 4.96. The molecule has 2 rings (SSSR count). The van der Waals surface area contributed by atoms with E-state index in [2.05, 4.69) is 15.5 Å². The van der Waals surface area contributed by atoms with Crippen molar-refractivity contribution in [3.63, 3.8) is 0 Å². The van der Waals surface area contributed by atoms with Gasteiger partial charge in [-0.15, -0.1) is 0 Å². The van der Waals surface area contributed by atoms with Gasteiger partial charge in [0.25, 0.3) is 0 Å². The Morgan fingerprint density at radius 1 is 1.53 bits per heavy atom. The van der Waals surface area contributed by atoms with Gasteiger partial charge in [0.05, 0.1) is 29.7 Å². The van der Waals surface area contributed by atoms with E-state index < -0.39 is 0 Å². The molecular weight excluding hydrogens is 244 g/mol. The standard InChI is InChI=1S/C13H22N4O2/c1-8-13(9(2)16-15-8)14-12(19)7-17(3)6-10-4-11(18)5-10/h10-11,18H,4-7H2,1-3H3,(H,14,19)(H,15,16). The molecule has 19 heavy (non-hydrogen) atoms. The third kappa shape index (κ3) is 3.54. The Hall–Kier alpha value is -1.40. The molecule has 0 bridgehead atoms. The van der Waals surface area contributed by atoms with Crippen LogP contribution in [0.5, 0.6) is 0 Å². The molecule has 3 N–H and O–H groups in total. The van der Waals surface area contributed by atoms with Crippen molar-refractivity contribution in [3.8, 4) is 0 Å². The Morgan fingerprint density at radius 2 is 2.21 bits per heavy atom. The van der Waals surface area contributed by atoms with Crippen molar-refractivity contribution >= 4 is 11.6 Å². The molecule has 1 amide bonds. The van der Waals surface area contributed by atoms with E-state index in [1.165, 1.54) is 0 Å². The van der Waals surface area contributed by atoms with E-state index in [1.807, 2.05) is 25.8 Å². The van der Waals surface area contributed by atoms with Crippen LogP contribution in [0.4, 0.5) is 5.69 Å². The van der Waals surface area contributed by atoms with Crippen LogP contribution >= 0.6 is 0 Å². The van der Waals surface area contributed by atoms with E-state index in [1.54, 1.807) is 0 Å². The average molecular weight is 266 g/mol. The number of amides is 1. The lowest BCUT2D eigenvalue weighted by Gasteiger charge is -2.34. The molecule has 0 atom stereocenters. The van der Waals surface area contributed by atoms with Gasteiger partial charge in [0.1, 0.15) is 0 Å². The zero-order valence-electron chi connectivity index (χ0n) is 11.7. The summed E-state index contributed by atoms with van der Waals surface area (Å²) in [5.41, 5.74) is 2.45. The monoisotopic (exact) mass is 266 g/mol. The lowest BCUT2D eigenvalue weighted by atomic mass is 9.82. The number of nitrogens with one attached hydrogen (secondary N) is 2. The summed E-state index contributed by atoms with van der Waals surface area (Å²) in [6, 6.07) is 0. The second-order valence-electron chi connectivity index (χ2n) is 5.55. The molecule has 0 saturated heterocycles. The van der Waals surface area contributed by atoms with Crippen LogP contribution in [0.2, 0.25) is 0 Å². The molecular formula is C13H22N4O2. The minimum absolute atomic E-state index is 0.0324. The van der Waals surface area contributed by atoms with Gasteiger partial charge in [-0.25, -0.2) is 0 Å². The number of anilines is 1. The second kappa shape index (κ2) is 5.71. The normalized spacial score (nSPS) is 22.4. The fourth-order valence-corrected chi connectivity index (χ4v) is 2.51. The summed E-state index contributed by atoms with van der Waals surface area (Å²) in [5, 5.41) is 19.0. The molecule has 1 saturated carbocycles. The lowest BCUT2D eigenvalue weighted by Crippen LogP contribution is -2.40. The predicted molar refractivity (Wildman–Crippen MR) is 72.9 cm³/mol. The van der Waals surface area contributed by atoms with Crippen LogP contribution < -0.4 is 5.32 Å². The molecule has 0 unspecified atom stereocenters. The molecule has 1 aliphatic carbocycles. The number of aliphatic hydroxyl groups is 1. The molecule has 1 aromatic heterocycles. The number of rotatable bonds is 5. The quantitative estimate of drug-likeness (QED) is 0.731. The number of H-pyrrole nitrogens is 1. The number of aliphatic hydroxyl groups excluding tert-OH is 1. The van der Waals surface area contributed by atoms with Crippen molar-refractivity contribution in [2.45, 2.75) is 32.8 Å². The number of aromatic nitrogens is 2. The molecule has 0 radical (unpaired) electrons. The number of hydrogen-bond donors (Lipinski definition) is 3. The van der Waals surface area contributed by atoms with E-state index >= 15 is 0 Å². The van der Waals surface area contributed by atoms with Crippen molar-refractivity contribution in [1.29, 1.82) is 0 Å². The van der Waals surface area contributed by atoms with Gasteiger partial charge in [-0.1, -0.05) is 0 Å². The van der Waals surface area contributed by atoms with Gasteiger partial charge >= 0.3 is 0 Å². The number of likely N-dealkylation sites (N-methyl/N-ethyl adjacent to an activating group) is 1. The average Bonchev–Trinajstić information content (AvgIpc) is 2.58. The zero-order valence-corrected chi connectivity index (χ0v) is 11.7. The van der Waals surface area contributed by atoms with Crippen LogP contribution in [0, 0.1) is 19.8 Å². The van der Waals surface area contributed by atoms with Crippen LogP contribution in [-0.4, -0.2) is 52.4 Å². The van der Waals surface area contributed by atoms with Crippen molar-refractivity contribution in [1.82, 2.24) is 15.1 Å². The number of aromatic amines is 1. The van der Waals surface area contributed by atoms with Gasteiger partial charge in [0.15, 0.2) is 0 Å². The minimum Gasteiger partial charge on any atom is -0.393 e. The Kier molecular flexibility index (Phi) is 4.21. The highest BCUT2D eigenvalue weighted by molar-refractivity contribution is 5.93. The van der Waals surface area contributed by atoms with Crippen molar-refractivity contribution < 1.29 is 9.90 Å². The Morgan fingerprint density at radius 3 is 2.74 bits per heavy atom. The highest BCUT2D eigenvalue weighted by Crippen LogP contribution is 2.27. The third-order valence-corrected chi connectivity index (χ3v) is 3.59. The Bertz CT molecular complexity index is 432. The highest BCUT2D eigenvalue weighted by atomic mass is 16.3. The second-order valence-corrected chi connectivity index (χ2v) is 5.55. The van der Waals surface area contributed by atoms with Gasteiger partial charge in [-0.05, 0) is 39.7 Å². The third-order valence-electron chi connectivity index (χ3n) is 3.59. The molecule has 6 heteroatoms. The predicted octanol–water partition coefficient (Wildman–Crippen LogP) is 0.668. The molecule has 1 fully saturated rings. The van der Waals surface area contributed by atoms with Gasteiger partial charge in [0, 0.05) is 6.54 Å². The number of hydrogen-bond acceptors (Lipinski definition) is 4. The van der Waals surface area contributed by atoms with E-state index in [-0.39, 0.29) is 12.0 Å². The number of aryl methyl sites for hydroxylation is 2. The van der Waals surface area contributed by atoms with Gasteiger partial charge in [-0.3, -0.25) is 14.8 Å². The number of carbonyl (C=O) groups is 1. The van der Waals surface area contributed by atoms with E-state index in [0.717, 1.165) is 36.5 Å². The summed E-state index contributed by atoms with van der Waals surface area (Å²) >= 11 is 0. The summed E-state index contributed by atoms with van der Waals surface area (Å²) in [7, 11) is 1.93. The smallest absolute Gasteiger partial charge is 0.238 e. The van der Waals surface area contributed by atoms with Crippen molar-refractivity contribution in [3.05, 3.63) is 11.4 Å². The van der Waals surface area contributed by atoms with Crippen LogP contribution in [0.3, 0.4) is 0 Å². The highest BCUT2D eigenvalue weighted by Gasteiger charge is 2.28. The van der Waals surface area contributed by atoms with Crippen LogP contribution in [0.15, 0.2) is 0 Å². The topological polar surface area (TPSA) is 81.2 Å². The summed E-state index contributed by atoms with van der Waals surface area (Å²) in [4.78, 5) is 13.9. The fourth-order valence-electron chi connectivity index (χ4n) is 2.51. The maximum atomic E-state index is 11.9. The molecule has 6 nitrogen and oxygen atoms in total. The molecule has 0 aromatic carbocycles. The first-order valence-electron chi connectivity index (χ1n) is 6.63. The Balaban J connectivity index is 1.78. The molecule has 106 valence electrons. The van der Waals surface area contributed by atoms with Crippen molar-refractivity contribution in [2.24, 2.45) is 5.92 Å². The lowest BCUT2D eigenvalue weighted by molar-refractivity contribution is -0.117. The molecule has 0 spiro atoms. The van der Waals surface area contributed by atoms with Gasteiger partial charge in [-0.2, -0.15) is 5.10 Å². The van der Waals surface area contributed by atoms with Crippen LogP contribution in [0.25, 0.3) is 0 Å². The van der Waals surface area contributed by atoms with Crippen LogP contribution in [-0.2, 0) is 4.79 Å².